The van der Waals surface area contributed by atoms with Crippen molar-refractivity contribution >= 4 is 11.6 Å². The molecule has 0 radical (unpaired) electrons. The molecule has 1 aromatic carbocycles. The molecule has 92 valence electrons. The van der Waals surface area contributed by atoms with Crippen molar-refractivity contribution in [3.8, 4) is 0 Å². The summed E-state index contributed by atoms with van der Waals surface area (Å²) in [5.74, 6) is 0.723. The molecule has 0 amide bonds. The van der Waals surface area contributed by atoms with E-state index in [1.165, 1.54) is 55.2 Å². The van der Waals surface area contributed by atoms with E-state index in [-0.39, 0.29) is 0 Å². The third kappa shape index (κ3) is 2.36. The van der Waals surface area contributed by atoms with E-state index < -0.39 is 0 Å². The van der Waals surface area contributed by atoms with E-state index in [1.54, 1.807) is 0 Å². The molecule has 0 spiro atoms. The zero-order valence-corrected chi connectivity index (χ0v) is 11.0. The zero-order valence-electron chi connectivity index (χ0n) is 10.3. The molecule has 0 bridgehead atoms. The van der Waals surface area contributed by atoms with Crippen LogP contribution < -0.4 is 5.32 Å². The van der Waals surface area contributed by atoms with Crippen molar-refractivity contribution in [1.82, 2.24) is 5.32 Å². The molecule has 1 aliphatic heterocycles. The molecule has 1 fully saturated rings. The van der Waals surface area contributed by atoms with Gasteiger partial charge in [0.15, 0.2) is 0 Å². The van der Waals surface area contributed by atoms with Gasteiger partial charge in [-0.1, -0.05) is 17.7 Å². The lowest BCUT2D eigenvalue weighted by atomic mass is 9.84. The summed E-state index contributed by atoms with van der Waals surface area (Å²) in [6.07, 6.45) is 7.57. The van der Waals surface area contributed by atoms with E-state index in [9.17, 15) is 0 Å². The predicted octanol–water partition coefficient (Wildman–Crippen LogP) is 3.69. The third-order valence-electron chi connectivity index (χ3n) is 4.24. The molecule has 0 unspecified atom stereocenters. The van der Waals surface area contributed by atoms with Crippen molar-refractivity contribution in [3.63, 3.8) is 0 Å². The highest BCUT2D eigenvalue weighted by molar-refractivity contribution is 6.31. The standard InChI is InChI=1S/C15H20ClN/c16-15-10-13(11-5-7-17-8-6-11)9-12-3-1-2-4-14(12)15/h9-11,17H,1-8H2. The summed E-state index contributed by atoms with van der Waals surface area (Å²) in [4.78, 5) is 0. The second-order valence-electron chi connectivity index (χ2n) is 5.37. The monoisotopic (exact) mass is 249 g/mol. The van der Waals surface area contributed by atoms with Crippen LogP contribution in [0.3, 0.4) is 0 Å². The number of nitrogens with one attached hydrogen (secondary N) is 1. The Morgan fingerprint density at radius 3 is 2.65 bits per heavy atom. The van der Waals surface area contributed by atoms with Gasteiger partial charge < -0.3 is 5.32 Å². The number of aryl methyl sites for hydroxylation is 1. The molecular weight excluding hydrogens is 230 g/mol. The molecule has 1 aromatic rings. The van der Waals surface area contributed by atoms with E-state index in [2.05, 4.69) is 17.4 Å². The molecule has 1 N–H and O–H groups in total. The Labute approximate surface area is 109 Å². The summed E-state index contributed by atoms with van der Waals surface area (Å²) in [5.41, 5.74) is 4.44. The van der Waals surface area contributed by atoms with Gasteiger partial charge in [0.2, 0.25) is 0 Å². The van der Waals surface area contributed by atoms with E-state index in [0.29, 0.717) is 0 Å². The minimum atomic E-state index is 0.723. The van der Waals surface area contributed by atoms with E-state index >= 15 is 0 Å². The molecule has 1 aliphatic carbocycles. The quantitative estimate of drug-likeness (QED) is 0.801. The Bertz CT molecular complexity index is 408. The summed E-state index contributed by atoms with van der Waals surface area (Å²) in [6.45, 7) is 2.30. The minimum absolute atomic E-state index is 0.723. The van der Waals surface area contributed by atoms with Gasteiger partial charge >= 0.3 is 0 Å². The summed E-state index contributed by atoms with van der Waals surface area (Å²) in [5, 5.41) is 4.45. The Kier molecular flexibility index (Phi) is 3.39. The first-order chi connectivity index (χ1) is 8.34. The fourth-order valence-electron chi connectivity index (χ4n) is 3.23. The highest BCUT2D eigenvalue weighted by Gasteiger charge is 2.19. The van der Waals surface area contributed by atoms with E-state index in [1.807, 2.05) is 0 Å². The molecule has 1 saturated heterocycles. The number of halogens is 1. The predicted molar refractivity (Wildman–Crippen MR) is 72.9 cm³/mol. The first-order valence-corrected chi connectivity index (χ1v) is 7.24. The number of fused-ring (bicyclic) bond motifs is 1. The summed E-state index contributed by atoms with van der Waals surface area (Å²) < 4.78 is 0. The molecule has 1 nitrogen and oxygen atoms in total. The van der Waals surface area contributed by atoms with Crippen molar-refractivity contribution in [2.24, 2.45) is 0 Å². The van der Waals surface area contributed by atoms with Crippen LogP contribution in [0.5, 0.6) is 0 Å². The van der Waals surface area contributed by atoms with Gasteiger partial charge in [-0.05, 0) is 80.3 Å². The maximum absolute atomic E-state index is 6.45. The second kappa shape index (κ2) is 4.99. The smallest absolute Gasteiger partial charge is 0.0443 e. The first-order valence-electron chi connectivity index (χ1n) is 6.86. The van der Waals surface area contributed by atoms with Crippen molar-refractivity contribution in [2.45, 2.75) is 44.4 Å². The molecule has 0 aromatic heterocycles. The normalized spacial score (nSPS) is 21.2. The van der Waals surface area contributed by atoms with Gasteiger partial charge in [-0.25, -0.2) is 0 Å². The summed E-state index contributed by atoms with van der Waals surface area (Å²) in [6, 6.07) is 4.68. The lowest BCUT2D eigenvalue weighted by Crippen LogP contribution is -2.26. The first kappa shape index (κ1) is 11.6. The molecule has 17 heavy (non-hydrogen) atoms. The SMILES string of the molecule is Clc1cc(C2CCNCC2)cc2c1CCCC2. The van der Waals surface area contributed by atoms with Crippen molar-refractivity contribution in [2.75, 3.05) is 13.1 Å². The van der Waals surface area contributed by atoms with Gasteiger partial charge in [-0.15, -0.1) is 0 Å². The van der Waals surface area contributed by atoms with Crippen LogP contribution in [0, 0.1) is 0 Å². The Hall–Kier alpha value is -0.530. The van der Waals surface area contributed by atoms with Crippen molar-refractivity contribution in [3.05, 3.63) is 33.8 Å². The third-order valence-corrected chi connectivity index (χ3v) is 4.58. The maximum atomic E-state index is 6.45. The van der Waals surface area contributed by atoms with Crippen LogP contribution in [0.15, 0.2) is 12.1 Å². The van der Waals surface area contributed by atoms with Crippen LogP contribution >= 0.6 is 11.6 Å². The van der Waals surface area contributed by atoms with Crippen LogP contribution in [-0.2, 0) is 12.8 Å². The molecule has 2 heteroatoms. The number of piperidine rings is 1. The Morgan fingerprint density at radius 1 is 1.06 bits per heavy atom. The maximum Gasteiger partial charge on any atom is 0.0443 e. The second-order valence-corrected chi connectivity index (χ2v) is 5.78. The number of benzene rings is 1. The van der Waals surface area contributed by atoms with E-state index in [4.69, 9.17) is 11.6 Å². The van der Waals surface area contributed by atoms with Gasteiger partial charge in [0.1, 0.15) is 0 Å². The highest BCUT2D eigenvalue weighted by atomic mass is 35.5. The zero-order chi connectivity index (χ0) is 11.7. The summed E-state index contributed by atoms with van der Waals surface area (Å²) in [7, 11) is 0. The Morgan fingerprint density at radius 2 is 1.82 bits per heavy atom. The van der Waals surface area contributed by atoms with Crippen LogP contribution in [0.4, 0.5) is 0 Å². The van der Waals surface area contributed by atoms with Gasteiger partial charge in [-0.2, -0.15) is 0 Å². The van der Waals surface area contributed by atoms with Crippen LogP contribution in [-0.4, -0.2) is 13.1 Å². The number of rotatable bonds is 1. The van der Waals surface area contributed by atoms with Crippen LogP contribution in [0.1, 0.15) is 48.3 Å². The van der Waals surface area contributed by atoms with Crippen LogP contribution in [0.25, 0.3) is 0 Å². The topological polar surface area (TPSA) is 12.0 Å². The fourth-order valence-corrected chi connectivity index (χ4v) is 3.57. The van der Waals surface area contributed by atoms with E-state index in [0.717, 1.165) is 24.0 Å². The molecular formula is C15H20ClN. The molecule has 2 aliphatic rings. The highest BCUT2D eigenvalue weighted by Crippen LogP contribution is 2.34. The number of hydrogen-bond acceptors (Lipinski definition) is 1. The average molecular weight is 250 g/mol. The van der Waals surface area contributed by atoms with Gasteiger partial charge in [0, 0.05) is 5.02 Å². The Balaban J connectivity index is 1.92. The van der Waals surface area contributed by atoms with Gasteiger partial charge in [0.05, 0.1) is 0 Å². The lowest BCUT2D eigenvalue weighted by Gasteiger charge is -2.26. The molecule has 0 atom stereocenters. The fraction of sp³-hybridized carbons (Fsp3) is 0.600. The van der Waals surface area contributed by atoms with Gasteiger partial charge in [0.25, 0.3) is 0 Å². The number of hydrogen-bond donors (Lipinski definition) is 1. The lowest BCUT2D eigenvalue weighted by molar-refractivity contribution is 0.460. The van der Waals surface area contributed by atoms with Crippen molar-refractivity contribution < 1.29 is 0 Å². The average Bonchev–Trinajstić information content (AvgIpc) is 2.40. The van der Waals surface area contributed by atoms with Gasteiger partial charge in [-0.3, -0.25) is 0 Å². The van der Waals surface area contributed by atoms with Crippen molar-refractivity contribution in [1.29, 1.82) is 0 Å². The summed E-state index contributed by atoms with van der Waals surface area (Å²) >= 11 is 6.45. The molecule has 3 rings (SSSR count). The minimum Gasteiger partial charge on any atom is -0.317 e. The molecule has 1 heterocycles. The molecule has 0 saturated carbocycles. The van der Waals surface area contributed by atoms with Crippen LogP contribution in [0.2, 0.25) is 5.02 Å². The largest absolute Gasteiger partial charge is 0.317 e.